The number of H-pyrrole nitrogens is 2. The van der Waals surface area contributed by atoms with Crippen molar-refractivity contribution in [2.75, 3.05) is 38.7 Å². The number of carbonyl (C=O) groups is 1. The van der Waals surface area contributed by atoms with Crippen LogP contribution < -0.4 is 19.1 Å². The van der Waals surface area contributed by atoms with Gasteiger partial charge in [-0.1, -0.05) is 0 Å². The molecule has 32 heavy (non-hydrogen) atoms. The van der Waals surface area contributed by atoms with Gasteiger partial charge >= 0.3 is 0 Å². The third-order valence-corrected chi connectivity index (χ3v) is 6.40. The van der Waals surface area contributed by atoms with Gasteiger partial charge in [-0.15, -0.1) is 11.6 Å². The Bertz CT molecular complexity index is 1360. The molecule has 166 valence electrons. The molecule has 0 radical (unpaired) electrons. The number of fused-ring (bicyclic) bond motifs is 4. The molecule has 0 bridgehead atoms. The van der Waals surface area contributed by atoms with E-state index in [0.717, 1.165) is 16.3 Å². The average molecular weight is 456 g/mol. The van der Waals surface area contributed by atoms with Crippen molar-refractivity contribution < 1.29 is 24.1 Å². The van der Waals surface area contributed by atoms with E-state index in [2.05, 4.69) is 9.97 Å². The van der Waals surface area contributed by atoms with Crippen LogP contribution in [0, 0.1) is 0 Å². The van der Waals surface area contributed by atoms with Crippen molar-refractivity contribution in [3.05, 3.63) is 41.7 Å². The lowest BCUT2D eigenvalue weighted by Crippen LogP contribution is -2.30. The minimum Gasteiger partial charge on any atom is -0.506 e. The highest BCUT2D eigenvalue weighted by Crippen LogP contribution is 2.46. The molecule has 2 aromatic carbocycles. The number of rotatable bonds is 5. The molecule has 0 saturated heterocycles. The molecule has 0 aliphatic carbocycles. The molecule has 8 nitrogen and oxygen atoms in total. The Morgan fingerprint density at radius 2 is 1.94 bits per heavy atom. The molecule has 4 aromatic rings. The Balaban J connectivity index is 1.63. The number of phenolic OH excluding ortho intramolecular Hbond substituents is 1. The number of aromatic hydroxyl groups is 1. The molecule has 0 spiro atoms. The highest BCUT2D eigenvalue weighted by molar-refractivity contribution is 6.19. The lowest BCUT2D eigenvalue weighted by molar-refractivity contribution is 0.0984. The van der Waals surface area contributed by atoms with Gasteiger partial charge in [0, 0.05) is 41.4 Å². The van der Waals surface area contributed by atoms with Crippen LogP contribution in [-0.2, 0) is 0 Å². The minimum atomic E-state index is -0.232. The number of ether oxygens (including phenoxy) is 3. The number of hydrogen-bond acceptors (Lipinski definition) is 5. The van der Waals surface area contributed by atoms with Crippen LogP contribution in [0.25, 0.3) is 21.8 Å². The van der Waals surface area contributed by atoms with Crippen molar-refractivity contribution in [1.82, 2.24) is 9.97 Å². The number of anilines is 1. The summed E-state index contributed by atoms with van der Waals surface area (Å²) in [6, 6.07) is 7.06. The van der Waals surface area contributed by atoms with Gasteiger partial charge in [0.1, 0.15) is 11.4 Å². The van der Waals surface area contributed by atoms with Crippen LogP contribution >= 0.6 is 11.6 Å². The van der Waals surface area contributed by atoms with Crippen molar-refractivity contribution >= 4 is 45.0 Å². The largest absolute Gasteiger partial charge is 0.506 e. The van der Waals surface area contributed by atoms with Gasteiger partial charge in [0.2, 0.25) is 5.75 Å². The third-order valence-electron chi connectivity index (χ3n) is 6.03. The Kier molecular flexibility index (Phi) is 4.82. The second-order valence-electron chi connectivity index (χ2n) is 7.65. The van der Waals surface area contributed by atoms with Crippen molar-refractivity contribution in [3.63, 3.8) is 0 Å². The number of aromatic nitrogens is 2. The van der Waals surface area contributed by atoms with E-state index in [4.69, 9.17) is 25.8 Å². The molecule has 3 heterocycles. The molecule has 1 aliphatic rings. The molecule has 0 fully saturated rings. The van der Waals surface area contributed by atoms with E-state index in [1.54, 1.807) is 36.4 Å². The molecule has 0 unspecified atom stereocenters. The van der Waals surface area contributed by atoms with Crippen LogP contribution in [0.1, 0.15) is 22.0 Å². The summed E-state index contributed by atoms with van der Waals surface area (Å²) in [7, 11) is 4.61. The highest BCUT2D eigenvalue weighted by Gasteiger charge is 2.36. The summed E-state index contributed by atoms with van der Waals surface area (Å²) in [6.45, 7) is 0.417. The molecule has 1 amide bonds. The summed E-state index contributed by atoms with van der Waals surface area (Å²) < 4.78 is 16.4. The third kappa shape index (κ3) is 2.79. The first-order valence-electron chi connectivity index (χ1n) is 10.0. The molecular weight excluding hydrogens is 434 g/mol. The number of methoxy groups -OCH3 is 3. The molecular formula is C23H22ClN3O5. The predicted molar refractivity (Wildman–Crippen MR) is 123 cm³/mol. The fraction of sp³-hybridized carbons (Fsp3) is 0.261. The Hall–Kier alpha value is -3.52. The van der Waals surface area contributed by atoms with Gasteiger partial charge in [0.05, 0.1) is 38.1 Å². The lowest BCUT2D eigenvalue weighted by Gasteiger charge is -2.17. The van der Waals surface area contributed by atoms with Gasteiger partial charge < -0.3 is 34.2 Å². The lowest BCUT2D eigenvalue weighted by atomic mass is 9.99. The van der Waals surface area contributed by atoms with Crippen LogP contribution in [0.3, 0.4) is 0 Å². The molecule has 9 heteroatoms. The molecule has 3 N–H and O–H groups in total. The second-order valence-corrected chi connectivity index (χ2v) is 7.96. The summed E-state index contributed by atoms with van der Waals surface area (Å²) in [4.78, 5) is 21.5. The molecule has 2 aromatic heterocycles. The topological polar surface area (TPSA) is 99.8 Å². The summed E-state index contributed by atoms with van der Waals surface area (Å²) in [5, 5.41) is 12.1. The fourth-order valence-corrected chi connectivity index (χ4v) is 4.86. The quantitative estimate of drug-likeness (QED) is 0.388. The van der Waals surface area contributed by atoms with Gasteiger partial charge in [-0.2, -0.15) is 0 Å². The second kappa shape index (κ2) is 7.56. The summed E-state index contributed by atoms with van der Waals surface area (Å²) in [5.41, 5.74) is 3.27. The minimum absolute atomic E-state index is 0.0476. The number of benzene rings is 2. The van der Waals surface area contributed by atoms with Gasteiger partial charge in [0.15, 0.2) is 11.5 Å². The summed E-state index contributed by atoms with van der Waals surface area (Å²) in [5.74, 6) is 1.56. The first kappa shape index (κ1) is 20.4. The Morgan fingerprint density at radius 3 is 2.62 bits per heavy atom. The maximum absolute atomic E-state index is 13.6. The monoisotopic (exact) mass is 455 g/mol. The van der Waals surface area contributed by atoms with Crippen molar-refractivity contribution in [2.24, 2.45) is 0 Å². The van der Waals surface area contributed by atoms with Gasteiger partial charge in [0.25, 0.3) is 5.91 Å². The van der Waals surface area contributed by atoms with E-state index >= 15 is 0 Å². The maximum atomic E-state index is 13.6. The predicted octanol–water partition coefficient (Wildman–Crippen LogP) is 4.36. The maximum Gasteiger partial charge on any atom is 0.274 e. The van der Waals surface area contributed by atoms with Crippen LogP contribution in [0.4, 0.5) is 5.69 Å². The zero-order chi connectivity index (χ0) is 22.6. The van der Waals surface area contributed by atoms with Gasteiger partial charge in [-0.05, 0) is 23.8 Å². The van der Waals surface area contributed by atoms with Gasteiger partial charge in [-0.25, -0.2) is 0 Å². The number of aromatic amines is 2. The average Bonchev–Trinajstić information content (AvgIpc) is 3.53. The number of nitrogens with zero attached hydrogens (tertiary/aromatic N) is 1. The van der Waals surface area contributed by atoms with Crippen LogP contribution in [0.2, 0.25) is 0 Å². The van der Waals surface area contributed by atoms with E-state index in [0.29, 0.717) is 52.1 Å². The van der Waals surface area contributed by atoms with Crippen molar-refractivity contribution in [3.8, 4) is 23.0 Å². The first-order chi connectivity index (χ1) is 15.5. The normalized spacial score (nSPS) is 15.4. The van der Waals surface area contributed by atoms with E-state index in [9.17, 15) is 9.90 Å². The smallest absolute Gasteiger partial charge is 0.274 e. The number of alkyl halides is 1. The molecule has 1 atom stereocenters. The number of carbonyl (C=O) groups excluding carboxylic acids is 1. The zero-order valence-electron chi connectivity index (χ0n) is 17.8. The molecule has 0 saturated carbocycles. The first-order valence-corrected chi connectivity index (χ1v) is 10.6. The van der Waals surface area contributed by atoms with E-state index in [1.165, 1.54) is 14.2 Å². The van der Waals surface area contributed by atoms with Crippen LogP contribution in [0.5, 0.6) is 23.0 Å². The SMILES string of the molecule is COc1cc2cc(C(=O)N3C[C@H](CCl)c4c3cc(O)c3[nH]ccc43)[nH]c2c(OC)c1OC. The summed E-state index contributed by atoms with van der Waals surface area (Å²) >= 11 is 6.27. The Morgan fingerprint density at radius 1 is 1.16 bits per heavy atom. The van der Waals surface area contributed by atoms with Crippen molar-refractivity contribution in [2.45, 2.75) is 5.92 Å². The van der Waals surface area contributed by atoms with Crippen LogP contribution in [0.15, 0.2) is 30.5 Å². The van der Waals surface area contributed by atoms with Crippen LogP contribution in [-0.4, -0.2) is 54.7 Å². The Labute approximate surface area is 188 Å². The number of phenols is 1. The molecule has 5 rings (SSSR count). The van der Waals surface area contributed by atoms with E-state index < -0.39 is 0 Å². The number of halogens is 1. The van der Waals surface area contributed by atoms with E-state index in [1.807, 2.05) is 6.07 Å². The van der Waals surface area contributed by atoms with Gasteiger partial charge in [-0.3, -0.25) is 4.79 Å². The number of nitrogens with one attached hydrogen (secondary N) is 2. The fourth-order valence-electron chi connectivity index (χ4n) is 4.61. The zero-order valence-corrected chi connectivity index (χ0v) is 18.5. The standard InChI is InChI=1S/C23H22ClN3O5/c1-30-17-7-11-6-14(26-19(11)22(32-3)21(17)31-2)23(29)27-10-12(9-24)18-13-4-5-25-20(13)16(28)8-15(18)27/h4-8,12,25-26,28H,9-10H2,1-3H3/t12-/m0/s1. The van der Waals surface area contributed by atoms with E-state index in [-0.39, 0.29) is 17.6 Å². The highest BCUT2D eigenvalue weighted by atomic mass is 35.5. The van der Waals surface area contributed by atoms with Crippen molar-refractivity contribution in [1.29, 1.82) is 0 Å². The molecule has 1 aliphatic heterocycles. The summed E-state index contributed by atoms with van der Waals surface area (Å²) in [6.07, 6.45) is 1.77. The number of amides is 1. The number of hydrogen-bond donors (Lipinski definition) is 3.